The van der Waals surface area contributed by atoms with Crippen LogP contribution in [0.3, 0.4) is 0 Å². The Morgan fingerprint density at radius 3 is 2.29 bits per heavy atom. The molecule has 0 fully saturated rings. The summed E-state index contributed by atoms with van der Waals surface area (Å²) in [5.41, 5.74) is 8.21. The van der Waals surface area contributed by atoms with Crippen molar-refractivity contribution in [2.45, 2.75) is 13.0 Å². The van der Waals surface area contributed by atoms with E-state index in [2.05, 4.69) is 0 Å². The Balaban J connectivity index is 1.73. The van der Waals surface area contributed by atoms with Crippen molar-refractivity contribution in [3.05, 3.63) is 95.6 Å². The number of carbonyl (C=O) groups excluding carboxylic acids is 1. The first-order valence-corrected chi connectivity index (χ1v) is 7.88. The van der Waals surface area contributed by atoms with E-state index in [1.54, 1.807) is 0 Å². The Morgan fingerprint density at radius 1 is 0.792 bits per heavy atom. The number of hydrogen-bond acceptors (Lipinski definition) is 3. The number of nitrogens with two attached hydrogens (primary N) is 1. The van der Waals surface area contributed by atoms with E-state index in [9.17, 15) is 4.79 Å². The first-order chi connectivity index (χ1) is 11.7. The lowest BCUT2D eigenvalue weighted by Gasteiger charge is -2.08. The highest BCUT2D eigenvalue weighted by Gasteiger charge is 2.08. The first-order valence-electron chi connectivity index (χ1n) is 7.88. The second kappa shape index (κ2) is 7.57. The largest absolute Gasteiger partial charge is 0.457 e. The Labute approximate surface area is 141 Å². The summed E-state index contributed by atoms with van der Waals surface area (Å²) in [4.78, 5) is 12.5. The van der Waals surface area contributed by atoms with Gasteiger partial charge in [0, 0.05) is 18.5 Å². The molecule has 3 aromatic carbocycles. The van der Waals surface area contributed by atoms with Gasteiger partial charge in [0.2, 0.25) is 0 Å². The fourth-order valence-corrected chi connectivity index (χ4v) is 2.50. The minimum absolute atomic E-state index is 0.0714. The fourth-order valence-electron chi connectivity index (χ4n) is 2.50. The zero-order valence-electron chi connectivity index (χ0n) is 13.3. The number of ketones is 1. The second-order valence-electron chi connectivity index (χ2n) is 5.57. The lowest BCUT2D eigenvalue weighted by atomic mass is 10.0. The van der Waals surface area contributed by atoms with Crippen LogP contribution in [0, 0.1) is 0 Å². The predicted molar refractivity (Wildman–Crippen MR) is 95.3 cm³/mol. The molecule has 0 heterocycles. The minimum atomic E-state index is 0.0714. The topological polar surface area (TPSA) is 52.3 Å². The standard InChI is InChI=1S/C21H19NO2/c22-15-17-7-4-8-18(12-17)21(23)14-16-6-5-11-20(13-16)24-19-9-2-1-3-10-19/h1-13H,14-15,22H2. The van der Waals surface area contributed by atoms with Crippen LogP contribution < -0.4 is 10.5 Å². The summed E-state index contributed by atoms with van der Waals surface area (Å²) in [6, 6.07) is 24.7. The molecule has 0 saturated carbocycles. The van der Waals surface area contributed by atoms with Crippen molar-refractivity contribution in [1.29, 1.82) is 0 Å². The van der Waals surface area contributed by atoms with Gasteiger partial charge in [-0.1, -0.05) is 48.5 Å². The molecule has 0 radical (unpaired) electrons. The van der Waals surface area contributed by atoms with Crippen LogP contribution in [-0.4, -0.2) is 5.78 Å². The Morgan fingerprint density at radius 2 is 1.50 bits per heavy atom. The molecule has 2 N–H and O–H groups in total. The zero-order chi connectivity index (χ0) is 16.8. The molecule has 0 aliphatic carbocycles. The first kappa shape index (κ1) is 16.0. The maximum Gasteiger partial charge on any atom is 0.167 e. The summed E-state index contributed by atoms with van der Waals surface area (Å²) in [6.07, 6.45) is 0.333. The van der Waals surface area contributed by atoms with E-state index in [1.807, 2.05) is 78.9 Å². The van der Waals surface area contributed by atoms with Crippen LogP contribution in [0.5, 0.6) is 11.5 Å². The second-order valence-corrected chi connectivity index (χ2v) is 5.57. The Hall–Kier alpha value is -2.91. The van der Waals surface area contributed by atoms with Crippen LogP contribution in [0.25, 0.3) is 0 Å². The molecule has 120 valence electrons. The van der Waals surface area contributed by atoms with E-state index < -0.39 is 0 Å². The summed E-state index contributed by atoms with van der Waals surface area (Å²) >= 11 is 0. The summed E-state index contributed by atoms with van der Waals surface area (Å²) in [7, 11) is 0. The molecular weight excluding hydrogens is 298 g/mol. The molecule has 24 heavy (non-hydrogen) atoms. The molecule has 3 heteroatoms. The Kier molecular flexibility index (Phi) is 5.04. The highest BCUT2D eigenvalue weighted by atomic mass is 16.5. The van der Waals surface area contributed by atoms with Crippen molar-refractivity contribution >= 4 is 5.78 Å². The van der Waals surface area contributed by atoms with Gasteiger partial charge in [-0.15, -0.1) is 0 Å². The number of ether oxygens (including phenoxy) is 1. The van der Waals surface area contributed by atoms with Crippen LogP contribution >= 0.6 is 0 Å². The van der Waals surface area contributed by atoms with E-state index in [0.717, 1.165) is 22.6 Å². The number of hydrogen-bond donors (Lipinski definition) is 1. The van der Waals surface area contributed by atoms with Gasteiger partial charge in [0.15, 0.2) is 5.78 Å². The lowest BCUT2D eigenvalue weighted by molar-refractivity contribution is 0.0993. The van der Waals surface area contributed by atoms with Crippen LogP contribution in [0.1, 0.15) is 21.5 Å². The van der Waals surface area contributed by atoms with Crippen molar-refractivity contribution in [2.24, 2.45) is 5.73 Å². The summed E-state index contributed by atoms with van der Waals surface area (Å²) in [5, 5.41) is 0. The molecule has 0 atom stereocenters. The van der Waals surface area contributed by atoms with Crippen molar-refractivity contribution < 1.29 is 9.53 Å². The number of rotatable bonds is 6. The van der Waals surface area contributed by atoms with Crippen LogP contribution in [0.15, 0.2) is 78.9 Å². The molecule has 0 unspecified atom stereocenters. The molecule has 3 aromatic rings. The van der Waals surface area contributed by atoms with Crippen molar-refractivity contribution in [3.8, 4) is 11.5 Å². The smallest absolute Gasteiger partial charge is 0.167 e. The monoisotopic (exact) mass is 317 g/mol. The lowest BCUT2D eigenvalue weighted by Crippen LogP contribution is -2.05. The maximum atomic E-state index is 12.5. The molecule has 0 saturated heterocycles. The van der Waals surface area contributed by atoms with Gasteiger partial charge in [0.1, 0.15) is 11.5 Å². The Bertz CT molecular complexity index is 828. The van der Waals surface area contributed by atoms with Gasteiger partial charge in [-0.05, 0) is 41.5 Å². The van der Waals surface area contributed by atoms with E-state index >= 15 is 0 Å². The number of carbonyl (C=O) groups is 1. The highest BCUT2D eigenvalue weighted by molar-refractivity contribution is 5.97. The van der Waals surface area contributed by atoms with E-state index in [-0.39, 0.29) is 5.78 Å². The van der Waals surface area contributed by atoms with Crippen LogP contribution in [-0.2, 0) is 13.0 Å². The summed E-state index contributed by atoms with van der Waals surface area (Å²) in [5.74, 6) is 1.57. The molecule has 0 bridgehead atoms. The third-order valence-electron chi connectivity index (χ3n) is 3.73. The molecule has 0 aliphatic heterocycles. The van der Waals surface area contributed by atoms with Crippen LogP contribution in [0.2, 0.25) is 0 Å². The maximum absolute atomic E-state index is 12.5. The number of Topliss-reactive ketones (excluding diaryl/α,β-unsaturated/α-hetero) is 1. The zero-order valence-corrected chi connectivity index (χ0v) is 13.3. The van der Waals surface area contributed by atoms with Crippen molar-refractivity contribution in [2.75, 3.05) is 0 Å². The van der Waals surface area contributed by atoms with Gasteiger partial charge in [0.05, 0.1) is 0 Å². The average molecular weight is 317 g/mol. The predicted octanol–water partition coefficient (Wildman–Crippen LogP) is 4.36. The van der Waals surface area contributed by atoms with E-state index in [4.69, 9.17) is 10.5 Å². The minimum Gasteiger partial charge on any atom is -0.457 e. The van der Waals surface area contributed by atoms with Gasteiger partial charge in [0.25, 0.3) is 0 Å². The molecular formula is C21H19NO2. The molecule has 3 rings (SSSR count). The molecule has 3 nitrogen and oxygen atoms in total. The third-order valence-corrected chi connectivity index (χ3v) is 3.73. The SMILES string of the molecule is NCc1cccc(C(=O)Cc2cccc(Oc3ccccc3)c2)c1. The van der Waals surface area contributed by atoms with Gasteiger partial charge >= 0.3 is 0 Å². The molecule has 0 spiro atoms. The average Bonchev–Trinajstić information content (AvgIpc) is 2.63. The van der Waals surface area contributed by atoms with Gasteiger partial charge < -0.3 is 10.5 Å². The quantitative estimate of drug-likeness (QED) is 0.687. The summed E-state index contributed by atoms with van der Waals surface area (Å²) < 4.78 is 5.81. The third kappa shape index (κ3) is 4.09. The van der Waals surface area contributed by atoms with E-state index in [1.165, 1.54) is 0 Å². The summed E-state index contributed by atoms with van der Waals surface area (Å²) in [6.45, 7) is 0.432. The molecule has 0 aromatic heterocycles. The molecule has 0 aliphatic rings. The normalized spacial score (nSPS) is 10.4. The van der Waals surface area contributed by atoms with E-state index in [0.29, 0.717) is 18.5 Å². The van der Waals surface area contributed by atoms with Gasteiger partial charge in [-0.2, -0.15) is 0 Å². The van der Waals surface area contributed by atoms with Crippen molar-refractivity contribution in [1.82, 2.24) is 0 Å². The molecule has 0 amide bonds. The van der Waals surface area contributed by atoms with Gasteiger partial charge in [-0.3, -0.25) is 4.79 Å². The highest BCUT2D eigenvalue weighted by Crippen LogP contribution is 2.22. The van der Waals surface area contributed by atoms with Crippen molar-refractivity contribution in [3.63, 3.8) is 0 Å². The van der Waals surface area contributed by atoms with Crippen LogP contribution in [0.4, 0.5) is 0 Å². The number of para-hydroxylation sites is 1. The number of benzene rings is 3. The van der Waals surface area contributed by atoms with Gasteiger partial charge in [-0.25, -0.2) is 0 Å². The fraction of sp³-hybridized carbons (Fsp3) is 0.0952.